The molecule has 2 atom stereocenters. The SMILES string of the molecule is C1CCC(CCCC2CCCCC2)CC1.CC1(C)c2cc(-c3ccccc3)ccc2-c2ccc(-c3ccccc3)cc21.CCCC1CCCCC1CCC.c1ccc(-c2ccc(-c3ccccc3)cc2)cc1.c1ccc(-c2ccc(N(c3ccccc3)c3ccc(-c4ccccc4)cc3)cc2)cc1. The molecule has 0 saturated heterocycles. The van der Waals surface area contributed by atoms with E-state index in [9.17, 15) is 0 Å². The van der Waals surface area contributed by atoms with Crippen molar-refractivity contribution in [2.45, 2.75) is 168 Å². The molecular weight excluding hydrogens is 1240 g/mol. The Morgan fingerprint density at radius 3 is 0.796 bits per heavy atom. The average molecular weight is 1350 g/mol. The fraction of sp³-hybridized carbons (Fsp3) is 0.294. The second kappa shape index (κ2) is 38.1. The van der Waals surface area contributed by atoms with Crippen LogP contribution in [0.4, 0.5) is 17.1 Å². The highest BCUT2D eigenvalue weighted by atomic mass is 15.1. The highest BCUT2D eigenvalue weighted by molar-refractivity contribution is 5.86. The van der Waals surface area contributed by atoms with E-state index in [4.69, 9.17) is 0 Å². The molecule has 12 aromatic carbocycles. The van der Waals surface area contributed by atoms with E-state index < -0.39 is 0 Å². The summed E-state index contributed by atoms with van der Waals surface area (Å²) in [7, 11) is 0. The Morgan fingerprint density at radius 1 is 0.252 bits per heavy atom. The van der Waals surface area contributed by atoms with Gasteiger partial charge in [0.2, 0.25) is 0 Å². The summed E-state index contributed by atoms with van der Waals surface area (Å²) in [5, 5.41) is 0. The zero-order chi connectivity index (χ0) is 70.7. The van der Waals surface area contributed by atoms with Crippen molar-refractivity contribution >= 4 is 17.1 Å². The summed E-state index contributed by atoms with van der Waals surface area (Å²) >= 11 is 0. The van der Waals surface area contributed by atoms with Crippen LogP contribution in [0, 0.1) is 23.7 Å². The smallest absolute Gasteiger partial charge is 0.0462 e. The lowest BCUT2D eigenvalue weighted by Gasteiger charge is -2.31. The molecule has 0 radical (unpaired) electrons. The van der Waals surface area contributed by atoms with Crippen molar-refractivity contribution in [1.82, 2.24) is 0 Å². The highest BCUT2D eigenvalue weighted by Crippen LogP contribution is 2.51. The van der Waals surface area contributed by atoms with Gasteiger partial charge in [-0.25, -0.2) is 0 Å². The summed E-state index contributed by atoms with van der Waals surface area (Å²) in [6.45, 7) is 9.36. The number of anilines is 3. The third-order valence-electron chi connectivity index (χ3n) is 22.5. The summed E-state index contributed by atoms with van der Waals surface area (Å²) in [5.74, 6) is 4.40. The fourth-order valence-corrected chi connectivity index (χ4v) is 16.8. The van der Waals surface area contributed by atoms with Crippen LogP contribution in [-0.4, -0.2) is 0 Å². The molecule has 4 aliphatic rings. The molecule has 103 heavy (non-hydrogen) atoms. The second-order valence-corrected chi connectivity index (χ2v) is 30.0. The van der Waals surface area contributed by atoms with E-state index in [2.05, 4.69) is 330 Å². The van der Waals surface area contributed by atoms with Gasteiger partial charge >= 0.3 is 0 Å². The highest BCUT2D eigenvalue weighted by Gasteiger charge is 2.36. The average Bonchev–Trinajstić information content (AvgIpc) is 1.62. The minimum Gasteiger partial charge on any atom is -0.311 e. The lowest BCUT2D eigenvalue weighted by molar-refractivity contribution is 0.209. The van der Waals surface area contributed by atoms with Gasteiger partial charge in [-0.1, -0.05) is 436 Å². The van der Waals surface area contributed by atoms with Crippen LogP contribution in [0.1, 0.15) is 174 Å². The monoisotopic (exact) mass is 1350 g/mol. The normalized spacial score (nSPS) is 15.9. The Balaban J connectivity index is 0.000000127. The fourth-order valence-electron chi connectivity index (χ4n) is 16.8. The molecule has 0 heterocycles. The van der Waals surface area contributed by atoms with Gasteiger partial charge in [-0.3, -0.25) is 0 Å². The summed E-state index contributed by atoms with van der Waals surface area (Å²) < 4.78 is 0. The standard InChI is InChI=1S/C30H23N.C27H22.C18H14.C15H28.C12H24/c1-4-10-24(11-5-1)26-16-20-29(21-17-26)31(28-14-8-3-9-15-28)30-22-18-27(19-23-30)25-12-6-2-7-13-25;1-27(2)25-17-21(19-9-5-3-6-10-19)13-15-23(25)24-16-14-22(18-26(24)27)20-11-7-4-8-12-20;1-3-7-15(8-4-1)17-11-13-18(14-12-17)16-9-5-2-6-10-16;1-3-8-14(9-4-1)12-7-13-15-10-5-2-6-11-15;1-3-7-11-9-5-6-10-12(11)8-4-2/h1-23H;3-18H,1-2H3;1-14H;14-15H,1-13H2;11-12H,3-10H2,1-2H3. The molecule has 0 spiro atoms. The molecular formula is C102H111N. The minimum atomic E-state index is 0.000245. The Morgan fingerprint density at radius 2 is 0.495 bits per heavy atom. The molecule has 1 nitrogen and oxygen atoms in total. The molecule has 524 valence electrons. The number of hydrogen-bond donors (Lipinski definition) is 0. The molecule has 0 aliphatic heterocycles. The largest absolute Gasteiger partial charge is 0.311 e. The van der Waals surface area contributed by atoms with Crippen LogP contribution in [0.3, 0.4) is 0 Å². The second-order valence-electron chi connectivity index (χ2n) is 30.0. The van der Waals surface area contributed by atoms with Crippen molar-refractivity contribution in [3.63, 3.8) is 0 Å². The van der Waals surface area contributed by atoms with Crippen LogP contribution < -0.4 is 4.90 Å². The maximum absolute atomic E-state index is 2.38. The predicted octanol–water partition coefficient (Wildman–Crippen LogP) is 30.5. The van der Waals surface area contributed by atoms with Crippen molar-refractivity contribution < 1.29 is 0 Å². The quantitative estimate of drug-likeness (QED) is 0.0878. The van der Waals surface area contributed by atoms with E-state index in [1.54, 1.807) is 38.5 Å². The number of benzene rings is 12. The number of rotatable bonds is 17. The molecule has 3 fully saturated rings. The van der Waals surface area contributed by atoms with Gasteiger partial charge in [-0.15, -0.1) is 0 Å². The molecule has 2 unspecified atom stereocenters. The van der Waals surface area contributed by atoms with E-state index in [-0.39, 0.29) is 5.41 Å². The molecule has 12 aromatic rings. The van der Waals surface area contributed by atoms with Crippen molar-refractivity contribution in [2.24, 2.45) is 23.7 Å². The Kier molecular flexibility index (Phi) is 27.1. The topological polar surface area (TPSA) is 3.24 Å². The van der Waals surface area contributed by atoms with Crippen molar-refractivity contribution in [3.8, 4) is 77.9 Å². The molecule has 1 heteroatoms. The van der Waals surface area contributed by atoms with Crippen LogP contribution in [0.5, 0.6) is 0 Å². The van der Waals surface area contributed by atoms with Crippen LogP contribution >= 0.6 is 0 Å². The maximum atomic E-state index is 2.38. The van der Waals surface area contributed by atoms with Gasteiger partial charge in [0.25, 0.3) is 0 Å². The van der Waals surface area contributed by atoms with E-state index in [0.717, 1.165) is 40.7 Å². The van der Waals surface area contributed by atoms with Gasteiger partial charge in [-0.2, -0.15) is 0 Å². The van der Waals surface area contributed by atoms with Gasteiger partial charge in [0.15, 0.2) is 0 Å². The molecule has 0 amide bonds. The first-order valence-electron chi connectivity index (χ1n) is 39.6. The molecule has 3 saturated carbocycles. The zero-order valence-electron chi connectivity index (χ0n) is 62.2. The first kappa shape index (κ1) is 73.2. The first-order valence-corrected chi connectivity index (χ1v) is 39.6. The van der Waals surface area contributed by atoms with E-state index >= 15 is 0 Å². The first-order chi connectivity index (χ1) is 50.8. The minimum absolute atomic E-state index is 0.000245. The van der Waals surface area contributed by atoms with Gasteiger partial charge in [0.1, 0.15) is 0 Å². The zero-order valence-corrected chi connectivity index (χ0v) is 62.2. The van der Waals surface area contributed by atoms with Crippen LogP contribution in [0.15, 0.2) is 322 Å². The molecule has 0 bridgehead atoms. The van der Waals surface area contributed by atoms with Crippen LogP contribution in [0.25, 0.3) is 77.9 Å². The number of fused-ring (bicyclic) bond motifs is 3. The van der Waals surface area contributed by atoms with E-state index in [0.29, 0.717) is 0 Å². The van der Waals surface area contributed by atoms with Crippen LogP contribution in [0.2, 0.25) is 0 Å². The lowest BCUT2D eigenvalue weighted by atomic mass is 9.75. The number of para-hydroxylation sites is 1. The Labute approximate surface area is 620 Å². The van der Waals surface area contributed by atoms with Gasteiger partial charge in [-0.05, 0) is 161 Å². The Bertz CT molecular complexity index is 4090. The summed E-state index contributed by atoms with van der Waals surface area (Å²) in [4.78, 5) is 2.30. The summed E-state index contributed by atoms with van der Waals surface area (Å²) in [6, 6.07) is 114. The lowest BCUT2D eigenvalue weighted by Crippen LogP contribution is -2.19. The van der Waals surface area contributed by atoms with Gasteiger partial charge in [0, 0.05) is 22.5 Å². The third-order valence-corrected chi connectivity index (χ3v) is 22.5. The molecule has 0 N–H and O–H groups in total. The van der Waals surface area contributed by atoms with Gasteiger partial charge < -0.3 is 4.90 Å². The molecule has 4 aliphatic carbocycles. The maximum Gasteiger partial charge on any atom is 0.0462 e. The molecule has 0 aromatic heterocycles. The number of hydrogen-bond acceptors (Lipinski definition) is 1. The van der Waals surface area contributed by atoms with E-state index in [1.165, 1.54) is 185 Å². The van der Waals surface area contributed by atoms with Crippen molar-refractivity contribution in [3.05, 3.63) is 333 Å². The summed E-state index contributed by atoms with van der Waals surface area (Å²) in [5.41, 5.74) is 24.1. The van der Waals surface area contributed by atoms with Crippen LogP contribution in [-0.2, 0) is 5.41 Å². The predicted molar refractivity (Wildman–Crippen MR) is 446 cm³/mol. The van der Waals surface area contributed by atoms with Gasteiger partial charge in [0.05, 0.1) is 0 Å². The van der Waals surface area contributed by atoms with Crippen molar-refractivity contribution in [1.29, 1.82) is 0 Å². The number of nitrogens with zero attached hydrogens (tertiary/aromatic N) is 1. The molecule has 16 rings (SSSR count). The Hall–Kier alpha value is -9.56. The van der Waals surface area contributed by atoms with E-state index in [1.807, 2.05) is 24.3 Å². The third kappa shape index (κ3) is 20.2. The van der Waals surface area contributed by atoms with Crippen molar-refractivity contribution in [2.75, 3.05) is 4.90 Å². The summed E-state index contributed by atoms with van der Waals surface area (Å²) in [6.07, 6.45) is 31.8.